The van der Waals surface area contributed by atoms with Crippen LogP contribution in [0.3, 0.4) is 0 Å². The van der Waals surface area contributed by atoms with Gasteiger partial charge in [-0.25, -0.2) is 0 Å². The largest absolute Gasteiger partial charge is 0.487 e. The van der Waals surface area contributed by atoms with E-state index in [1.165, 1.54) is 0 Å². The van der Waals surface area contributed by atoms with Gasteiger partial charge in [-0.1, -0.05) is 6.92 Å². The van der Waals surface area contributed by atoms with Crippen LogP contribution < -0.4 is 10.5 Å². The first-order chi connectivity index (χ1) is 5.74. The second kappa shape index (κ2) is 3.95. The predicted octanol–water partition coefficient (Wildman–Crippen LogP) is 1.84. The number of pyridine rings is 1. The summed E-state index contributed by atoms with van der Waals surface area (Å²) in [4.78, 5) is 3.93. The number of nitrogen functional groups attached to an aromatic ring is 1. The third kappa shape index (κ3) is 2.12. The second-order valence-corrected chi connectivity index (χ2v) is 2.75. The summed E-state index contributed by atoms with van der Waals surface area (Å²) < 4.78 is 5.51. The molecule has 2 N–H and O–H groups in total. The van der Waals surface area contributed by atoms with Gasteiger partial charge in [-0.2, -0.15) is 0 Å². The minimum atomic E-state index is 0.191. The highest BCUT2D eigenvalue weighted by Crippen LogP contribution is 2.20. The van der Waals surface area contributed by atoms with Gasteiger partial charge in [0.25, 0.3) is 0 Å². The van der Waals surface area contributed by atoms with Gasteiger partial charge >= 0.3 is 0 Å². The minimum absolute atomic E-state index is 0.191. The maximum atomic E-state index is 5.66. The van der Waals surface area contributed by atoms with E-state index in [0.29, 0.717) is 11.4 Å². The quantitative estimate of drug-likeness (QED) is 0.745. The summed E-state index contributed by atoms with van der Waals surface area (Å²) in [5, 5.41) is 0. The van der Waals surface area contributed by atoms with Crippen LogP contribution in [0, 0.1) is 0 Å². The van der Waals surface area contributed by atoms with Gasteiger partial charge < -0.3 is 10.5 Å². The molecule has 0 amide bonds. The molecule has 0 aromatic carbocycles. The van der Waals surface area contributed by atoms with Crippen molar-refractivity contribution in [1.29, 1.82) is 0 Å². The third-order valence-corrected chi connectivity index (χ3v) is 1.72. The van der Waals surface area contributed by atoms with E-state index in [1.54, 1.807) is 18.5 Å². The van der Waals surface area contributed by atoms with Crippen LogP contribution in [0.5, 0.6) is 5.75 Å². The average Bonchev–Trinajstić information content (AvgIpc) is 2.09. The van der Waals surface area contributed by atoms with Gasteiger partial charge in [0.15, 0.2) is 5.75 Å². The molecule has 0 aliphatic carbocycles. The molecule has 0 aliphatic heterocycles. The van der Waals surface area contributed by atoms with Crippen LogP contribution in [-0.4, -0.2) is 11.1 Å². The maximum absolute atomic E-state index is 5.66. The lowest BCUT2D eigenvalue weighted by Crippen LogP contribution is -2.11. The van der Waals surface area contributed by atoms with Crippen molar-refractivity contribution >= 4 is 5.69 Å². The zero-order valence-electron chi connectivity index (χ0n) is 7.45. The van der Waals surface area contributed by atoms with E-state index in [0.717, 1.165) is 6.42 Å². The molecule has 1 atom stereocenters. The topological polar surface area (TPSA) is 48.1 Å². The van der Waals surface area contributed by atoms with Gasteiger partial charge in [-0.3, -0.25) is 4.98 Å². The van der Waals surface area contributed by atoms with Crippen molar-refractivity contribution in [3.05, 3.63) is 18.5 Å². The van der Waals surface area contributed by atoms with Crippen molar-refractivity contribution in [3.8, 4) is 5.75 Å². The Morgan fingerprint density at radius 2 is 2.42 bits per heavy atom. The zero-order chi connectivity index (χ0) is 8.97. The summed E-state index contributed by atoms with van der Waals surface area (Å²) in [5.41, 5.74) is 6.30. The van der Waals surface area contributed by atoms with E-state index in [9.17, 15) is 0 Å². The molecular formula is C9H14N2O. The smallest absolute Gasteiger partial charge is 0.160 e. The molecule has 1 aromatic rings. The molecule has 1 rings (SSSR count). The molecule has 3 heteroatoms. The Kier molecular flexibility index (Phi) is 2.91. The molecule has 66 valence electrons. The van der Waals surface area contributed by atoms with Crippen molar-refractivity contribution in [2.45, 2.75) is 26.4 Å². The number of nitrogens with two attached hydrogens (primary N) is 1. The molecule has 0 fully saturated rings. The minimum Gasteiger partial charge on any atom is -0.487 e. The van der Waals surface area contributed by atoms with Crippen molar-refractivity contribution in [3.63, 3.8) is 0 Å². The second-order valence-electron chi connectivity index (χ2n) is 2.75. The Hall–Kier alpha value is -1.25. The SMILES string of the molecule is CCC(C)Oc1cnccc1N. The molecule has 1 heterocycles. The molecule has 0 spiro atoms. The summed E-state index contributed by atoms with van der Waals surface area (Å²) in [6, 6.07) is 1.73. The lowest BCUT2D eigenvalue weighted by Gasteiger charge is -2.13. The number of hydrogen-bond donors (Lipinski definition) is 1. The van der Waals surface area contributed by atoms with Crippen LogP contribution in [0.4, 0.5) is 5.69 Å². The van der Waals surface area contributed by atoms with Gasteiger partial charge in [0, 0.05) is 6.20 Å². The molecule has 0 saturated carbocycles. The molecule has 1 aromatic heterocycles. The molecule has 12 heavy (non-hydrogen) atoms. The van der Waals surface area contributed by atoms with Crippen molar-refractivity contribution in [2.75, 3.05) is 5.73 Å². The Morgan fingerprint density at radius 3 is 3.00 bits per heavy atom. The molecule has 1 unspecified atom stereocenters. The van der Waals surface area contributed by atoms with E-state index < -0.39 is 0 Å². The fourth-order valence-corrected chi connectivity index (χ4v) is 0.789. The highest BCUT2D eigenvalue weighted by atomic mass is 16.5. The van der Waals surface area contributed by atoms with E-state index in [-0.39, 0.29) is 6.10 Å². The number of anilines is 1. The summed E-state index contributed by atoms with van der Waals surface area (Å²) in [6.45, 7) is 4.07. The molecule has 3 nitrogen and oxygen atoms in total. The average molecular weight is 166 g/mol. The molecule has 0 aliphatic rings. The zero-order valence-corrected chi connectivity index (χ0v) is 7.45. The molecule has 0 radical (unpaired) electrons. The fourth-order valence-electron chi connectivity index (χ4n) is 0.789. The van der Waals surface area contributed by atoms with Crippen molar-refractivity contribution in [1.82, 2.24) is 4.98 Å². The summed E-state index contributed by atoms with van der Waals surface area (Å²) in [5.74, 6) is 0.673. The highest BCUT2D eigenvalue weighted by Gasteiger charge is 2.03. The number of nitrogens with zero attached hydrogens (tertiary/aromatic N) is 1. The predicted molar refractivity (Wildman–Crippen MR) is 49.0 cm³/mol. The van der Waals surface area contributed by atoms with Gasteiger partial charge in [0.05, 0.1) is 18.0 Å². The molecule has 0 saturated heterocycles. The summed E-state index contributed by atoms with van der Waals surface area (Å²) >= 11 is 0. The van der Waals surface area contributed by atoms with Crippen molar-refractivity contribution < 1.29 is 4.74 Å². The van der Waals surface area contributed by atoms with Gasteiger partial charge in [-0.05, 0) is 19.4 Å². The standard InChI is InChI=1S/C9H14N2O/c1-3-7(2)12-9-6-11-5-4-8(9)10/h4-7H,3H2,1-2H3,(H2,10,11). The Morgan fingerprint density at radius 1 is 1.67 bits per heavy atom. The van der Waals surface area contributed by atoms with Crippen LogP contribution in [0.1, 0.15) is 20.3 Å². The Labute approximate surface area is 72.6 Å². The lowest BCUT2D eigenvalue weighted by atomic mass is 10.3. The fraction of sp³-hybridized carbons (Fsp3) is 0.444. The number of rotatable bonds is 3. The Bertz CT molecular complexity index is 250. The van der Waals surface area contributed by atoms with E-state index in [2.05, 4.69) is 11.9 Å². The number of ether oxygens (including phenoxy) is 1. The Balaban J connectivity index is 2.69. The summed E-state index contributed by atoms with van der Waals surface area (Å²) in [6.07, 6.45) is 4.45. The first-order valence-electron chi connectivity index (χ1n) is 4.10. The first kappa shape index (κ1) is 8.84. The van der Waals surface area contributed by atoms with Crippen LogP contribution in [0.25, 0.3) is 0 Å². The number of hydrogen-bond acceptors (Lipinski definition) is 3. The highest BCUT2D eigenvalue weighted by molar-refractivity contribution is 5.49. The number of aromatic nitrogens is 1. The lowest BCUT2D eigenvalue weighted by molar-refractivity contribution is 0.218. The van der Waals surface area contributed by atoms with E-state index >= 15 is 0 Å². The van der Waals surface area contributed by atoms with Gasteiger partial charge in [0.2, 0.25) is 0 Å². The normalized spacial score (nSPS) is 12.5. The van der Waals surface area contributed by atoms with Crippen molar-refractivity contribution in [2.24, 2.45) is 0 Å². The van der Waals surface area contributed by atoms with Gasteiger partial charge in [0.1, 0.15) is 0 Å². The first-order valence-corrected chi connectivity index (χ1v) is 4.10. The third-order valence-electron chi connectivity index (χ3n) is 1.72. The maximum Gasteiger partial charge on any atom is 0.160 e. The summed E-state index contributed by atoms with van der Waals surface area (Å²) in [7, 11) is 0. The monoisotopic (exact) mass is 166 g/mol. The van der Waals surface area contributed by atoms with Crippen LogP contribution in [-0.2, 0) is 0 Å². The van der Waals surface area contributed by atoms with E-state index in [4.69, 9.17) is 10.5 Å². The van der Waals surface area contributed by atoms with Gasteiger partial charge in [-0.15, -0.1) is 0 Å². The molecular weight excluding hydrogens is 152 g/mol. The van der Waals surface area contributed by atoms with Crippen LogP contribution in [0.2, 0.25) is 0 Å². The molecule has 0 bridgehead atoms. The van der Waals surface area contributed by atoms with Crippen LogP contribution in [0.15, 0.2) is 18.5 Å². The van der Waals surface area contributed by atoms with E-state index in [1.807, 2.05) is 6.92 Å². The van der Waals surface area contributed by atoms with Crippen LogP contribution >= 0.6 is 0 Å².